The molecule has 2 saturated carbocycles. The zero-order valence-corrected chi connectivity index (χ0v) is 42.2. The molecule has 5 saturated heterocycles. The number of imide groups is 1. The number of imidazole rings is 1. The highest BCUT2D eigenvalue weighted by Gasteiger charge is 2.56. The standard InChI is InChI=1S/C56H71N11O5/c1-35(2)66-34-58-46-31-45(60-52(51(46)66)59-40-10-11-40)38-8-13-44-47(28-38)67(42-29-41(30-42)62-20-4-3-5-21-62)55(72)56(44)18-25-64(26-19-56)50(69)27-36-7-6-22-65(33-36)54(71)37-16-23-63(24-17-37)48-14-9-39(32-57-48)43-12-15-49(68)61-53(43)70/h8-9,13-14,28,31-32,34-37,40-43H,3-7,10-12,15-27,29-30,33H2,1-2H3,(H,59,60)(H,61,68,70)/t36-,41?,42?,43?/m0/s1. The van der Waals surface area contributed by atoms with E-state index in [1.165, 1.54) is 19.3 Å². The van der Waals surface area contributed by atoms with E-state index in [2.05, 4.69) is 73.0 Å². The number of amides is 5. The van der Waals surface area contributed by atoms with Gasteiger partial charge in [0.05, 0.1) is 28.9 Å². The lowest BCUT2D eigenvalue weighted by Gasteiger charge is -2.48. The maximum absolute atomic E-state index is 15.2. The number of nitrogens with one attached hydrogen (secondary N) is 2. The molecule has 0 bridgehead atoms. The van der Waals surface area contributed by atoms with E-state index in [0.29, 0.717) is 63.8 Å². The molecule has 2 N–H and O–H groups in total. The van der Waals surface area contributed by atoms with Crippen LogP contribution in [-0.2, 0) is 29.4 Å². The number of pyridine rings is 2. The number of benzene rings is 1. The minimum atomic E-state index is -0.675. The first-order chi connectivity index (χ1) is 35.0. The van der Waals surface area contributed by atoms with Crippen molar-refractivity contribution >= 4 is 57.9 Å². The van der Waals surface area contributed by atoms with Crippen LogP contribution in [0.2, 0.25) is 0 Å². The lowest BCUT2D eigenvalue weighted by atomic mass is 9.73. The number of anilines is 3. The number of fused-ring (bicyclic) bond motifs is 3. The Balaban J connectivity index is 0.699. The van der Waals surface area contributed by atoms with Crippen molar-refractivity contribution in [3.05, 3.63) is 60.0 Å². The summed E-state index contributed by atoms with van der Waals surface area (Å²) in [5.74, 6) is 1.42. The maximum Gasteiger partial charge on any atom is 0.238 e. The fourth-order valence-corrected chi connectivity index (χ4v) is 13.4. The van der Waals surface area contributed by atoms with Crippen LogP contribution in [0.4, 0.5) is 17.3 Å². The van der Waals surface area contributed by atoms with Gasteiger partial charge in [-0.15, -0.1) is 0 Å². The fraction of sp³-hybridized carbons (Fsp3) is 0.607. The molecule has 380 valence electrons. The molecular weight excluding hydrogens is 907 g/mol. The van der Waals surface area contributed by atoms with Gasteiger partial charge in [-0.25, -0.2) is 15.0 Å². The number of hydrogen-bond acceptors (Lipinski definition) is 11. The summed E-state index contributed by atoms with van der Waals surface area (Å²) < 4.78 is 2.20. The predicted molar refractivity (Wildman–Crippen MR) is 275 cm³/mol. The van der Waals surface area contributed by atoms with Crippen LogP contribution in [0.3, 0.4) is 0 Å². The van der Waals surface area contributed by atoms with Gasteiger partial charge in [0, 0.05) is 99.6 Å². The molecule has 16 heteroatoms. The Labute approximate surface area is 422 Å². The number of rotatable bonds is 11. The monoisotopic (exact) mass is 978 g/mol. The first-order valence-corrected chi connectivity index (χ1v) is 27.5. The van der Waals surface area contributed by atoms with Gasteiger partial charge >= 0.3 is 0 Å². The van der Waals surface area contributed by atoms with E-state index in [-0.39, 0.29) is 59.4 Å². The molecule has 1 spiro atoms. The van der Waals surface area contributed by atoms with Crippen LogP contribution in [0.25, 0.3) is 22.3 Å². The van der Waals surface area contributed by atoms with Gasteiger partial charge in [-0.2, -0.15) is 0 Å². The summed E-state index contributed by atoms with van der Waals surface area (Å²) in [5, 5.41) is 6.14. The molecule has 5 amide bonds. The average molecular weight is 978 g/mol. The first kappa shape index (κ1) is 47.1. The molecule has 1 unspecified atom stereocenters. The van der Waals surface area contributed by atoms with E-state index in [4.69, 9.17) is 9.97 Å². The summed E-state index contributed by atoms with van der Waals surface area (Å²) in [6, 6.07) is 13.9. The topological polar surface area (TPSA) is 169 Å². The molecule has 1 aromatic carbocycles. The summed E-state index contributed by atoms with van der Waals surface area (Å²) in [7, 11) is 0. The molecule has 8 aliphatic rings. The number of hydrogen-bond donors (Lipinski definition) is 2. The number of carbonyl (C=O) groups excluding carboxylic acids is 5. The third kappa shape index (κ3) is 8.82. The van der Waals surface area contributed by atoms with E-state index < -0.39 is 5.41 Å². The number of nitrogens with zero attached hydrogens (tertiary/aromatic N) is 9. The Kier molecular flexibility index (Phi) is 12.6. The average Bonchev–Trinajstić information content (AvgIpc) is 4.05. The van der Waals surface area contributed by atoms with Gasteiger partial charge < -0.3 is 34.4 Å². The Morgan fingerprint density at radius 1 is 0.819 bits per heavy atom. The third-order valence-corrected chi connectivity index (χ3v) is 17.9. The van der Waals surface area contributed by atoms with Crippen LogP contribution in [0, 0.1) is 11.8 Å². The molecule has 72 heavy (non-hydrogen) atoms. The number of likely N-dealkylation sites (tertiary alicyclic amines) is 3. The SMILES string of the molecule is CC(C)n1cnc2cc(-c3ccc4c(c3)N(C3CC(N5CCCCC5)C3)C(=O)C43CCN(C(=O)C[C@@H]4CCCN(C(=O)C5CCN(c6ccc(C7CCC(=O)NC7=O)cn6)CC5)C4)CC3)nc(NC3CC3)c21. The highest BCUT2D eigenvalue weighted by atomic mass is 16.2. The quantitative estimate of drug-likeness (QED) is 0.150. The first-order valence-electron chi connectivity index (χ1n) is 27.5. The number of aromatic nitrogens is 4. The normalized spacial score (nSPS) is 26.1. The van der Waals surface area contributed by atoms with Crippen molar-refractivity contribution in [1.29, 1.82) is 0 Å². The second-order valence-electron chi connectivity index (χ2n) is 22.8. The molecule has 6 aliphatic heterocycles. The van der Waals surface area contributed by atoms with E-state index in [1.807, 2.05) is 28.3 Å². The number of carbonyl (C=O) groups is 5. The molecule has 9 heterocycles. The zero-order valence-electron chi connectivity index (χ0n) is 42.2. The summed E-state index contributed by atoms with van der Waals surface area (Å²) in [4.78, 5) is 93.3. The van der Waals surface area contributed by atoms with Gasteiger partial charge in [0.25, 0.3) is 0 Å². The predicted octanol–water partition coefficient (Wildman–Crippen LogP) is 6.94. The van der Waals surface area contributed by atoms with Crippen molar-refractivity contribution in [1.82, 2.24) is 39.5 Å². The largest absolute Gasteiger partial charge is 0.366 e. The Morgan fingerprint density at radius 3 is 2.33 bits per heavy atom. The molecule has 2 atom stereocenters. The van der Waals surface area contributed by atoms with Crippen LogP contribution in [0.1, 0.15) is 140 Å². The van der Waals surface area contributed by atoms with Crippen LogP contribution < -0.4 is 20.4 Å². The summed E-state index contributed by atoms with van der Waals surface area (Å²) in [5.41, 5.74) is 6.04. The molecule has 2 aliphatic carbocycles. The van der Waals surface area contributed by atoms with Gasteiger partial charge in [-0.05, 0) is 146 Å². The number of piperidine rings is 5. The van der Waals surface area contributed by atoms with Crippen molar-refractivity contribution in [3.8, 4) is 11.3 Å². The van der Waals surface area contributed by atoms with Crippen molar-refractivity contribution in [3.63, 3.8) is 0 Å². The van der Waals surface area contributed by atoms with Crippen molar-refractivity contribution in [2.75, 3.05) is 67.5 Å². The molecule has 3 aromatic heterocycles. The second-order valence-corrected chi connectivity index (χ2v) is 22.8. The van der Waals surface area contributed by atoms with Gasteiger partial charge in [-0.1, -0.05) is 24.6 Å². The maximum atomic E-state index is 15.2. The molecule has 7 fully saturated rings. The van der Waals surface area contributed by atoms with Crippen molar-refractivity contribution < 1.29 is 24.0 Å². The zero-order chi connectivity index (χ0) is 49.3. The third-order valence-electron chi connectivity index (χ3n) is 17.9. The van der Waals surface area contributed by atoms with E-state index in [9.17, 15) is 19.2 Å². The van der Waals surface area contributed by atoms with E-state index in [0.717, 1.165) is 135 Å². The van der Waals surface area contributed by atoms with Crippen molar-refractivity contribution in [2.24, 2.45) is 11.8 Å². The van der Waals surface area contributed by atoms with Gasteiger partial charge in [0.15, 0.2) is 5.82 Å². The van der Waals surface area contributed by atoms with Crippen LogP contribution in [-0.4, -0.2) is 134 Å². The Bertz CT molecular complexity index is 2740. The highest BCUT2D eigenvalue weighted by Crippen LogP contribution is 2.52. The van der Waals surface area contributed by atoms with Crippen LogP contribution in [0.5, 0.6) is 0 Å². The minimum absolute atomic E-state index is 0.0638. The highest BCUT2D eigenvalue weighted by molar-refractivity contribution is 6.09. The minimum Gasteiger partial charge on any atom is -0.366 e. The van der Waals surface area contributed by atoms with Gasteiger partial charge in [0.2, 0.25) is 29.5 Å². The van der Waals surface area contributed by atoms with Crippen LogP contribution >= 0.6 is 0 Å². The molecule has 4 aromatic rings. The van der Waals surface area contributed by atoms with Gasteiger partial charge in [-0.3, -0.25) is 29.3 Å². The molecule has 0 radical (unpaired) electrons. The molecular formula is C56H71N11O5. The Hall–Kier alpha value is -5.90. The van der Waals surface area contributed by atoms with E-state index >= 15 is 4.79 Å². The lowest BCUT2D eigenvalue weighted by Crippen LogP contribution is -2.58. The Morgan fingerprint density at radius 2 is 1.61 bits per heavy atom. The van der Waals surface area contributed by atoms with Gasteiger partial charge in [0.1, 0.15) is 11.3 Å². The fourth-order valence-electron chi connectivity index (χ4n) is 13.4. The molecule has 16 nitrogen and oxygen atoms in total. The lowest BCUT2D eigenvalue weighted by molar-refractivity contribution is -0.141. The van der Waals surface area contributed by atoms with E-state index in [1.54, 1.807) is 6.20 Å². The molecule has 12 rings (SSSR count). The van der Waals surface area contributed by atoms with Crippen LogP contribution in [0.15, 0.2) is 48.9 Å². The summed E-state index contributed by atoms with van der Waals surface area (Å²) in [6.07, 6.45) is 17.5. The van der Waals surface area contributed by atoms with Crippen molar-refractivity contribution in [2.45, 2.75) is 152 Å². The smallest absolute Gasteiger partial charge is 0.238 e. The second kappa shape index (κ2) is 19.2. The summed E-state index contributed by atoms with van der Waals surface area (Å²) >= 11 is 0. The summed E-state index contributed by atoms with van der Waals surface area (Å²) in [6.45, 7) is 10.5.